The lowest BCUT2D eigenvalue weighted by molar-refractivity contribution is 0.399. The average molecular weight is 257 g/mol. The number of rotatable bonds is 2. The molecular weight excluding hydrogens is 252 g/mol. The van der Waals surface area contributed by atoms with Crippen LogP contribution in [0.4, 0.5) is 0 Å². The highest BCUT2D eigenvalue weighted by molar-refractivity contribution is 9.11. The number of halogens is 1. The van der Waals surface area contributed by atoms with Gasteiger partial charge in [0.2, 0.25) is 0 Å². The third-order valence-corrected chi connectivity index (χ3v) is 4.36. The molecule has 0 radical (unpaired) electrons. The smallest absolute Gasteiger partial charge is 0.269 e. The van der Waals surface area contributed by atoms with Gasteiger partial charge < -0.3 is 0 Å². The topological polar surface area (TPSA) is 43.4 Å². The van der Waals surface area contributed by atoms with Crippen molar-refractivity contribution >= 4 is 37.4 Å². The van der Waals surface area contributed by atoms with Gasteiger partial charge in [-0.3, -0.25) is 4.18 Å². The highest BCUT2D eigenvalue weighted by Gasteiger charge is 2.14. The summed E-state index contributed by atoms with van der Waals surface area (Å²) in [7, 11) is -2.35. The van der Waals surface area contributed by atoms with Gasteiger partial charge in [0.25, 0.3) is 0 Å². The van der Waals surface area contributed by atoms with Crippen molar-refractivity contribution in [3.8, 4) is 0 Å². The molecule has 3 nitrogen and oxygen atoms in total. The van der Waals surface area contributed by atoms with E-state index in [9.17, 15) is 8.42 Å². The molecule has 0 aliphatic heterocycles. The molecule has 0 bridgehead atoms. The Labute approximate surface area is 77.3 Å². The summed E-state index contributed by atoms with van der Waals surface area (Å²) in [6.45, 7) is 0. The van der Waals surface area contributed by atoms with Crippen LogP contribution in [0.1, 0.15) is 0 Å². The van der Waals surface area contributed by atoms with Crippen molar-refractivity contribution < 1.29 is 12.6 Å². The third kappa shape index (κ3) is 2.02. The van der Waals surface area contributed by atoms with Crippen molar-refractivity contribution in [2.45, 2.75) is 4.21 Å². The van der Waals surface area contributed by atoms with Crippen LogP contribution >= 0.6 is 27.3 Å². The molecule has 1 rings (SSSR count). The van der Waals surface area contributed by atoms with Gasteiger partial charge in [0.05, 0.1) is 10.9 Å². The first-order chi connectivity index (χ1) is 5.06. The fraction of sp³-hybridized carbons (Fsp3) is 0.200. The van der Waals surface area contributed by atoms with E-state index in [0.717, 1.165) is 22.2 Å². The lowest BCUT2D eigenvalue weighted by Crippen LogP contribution is -1.99. The van der Waals surface area contributed by atoms with E-state index in [1.54, 1.807) is 6.07 Å². The van der Waals surface area contributed by atoms with Gasteiger partial charge in [-0.1, -0.05) is 0 Å². The van der Waals surface area contributed by atoms with E-state index >= 15 is 0 Å². The molecule has 1 aromatic heterocycles. The molecule has 0 unspecified atom stereocenters. The summed E-state index contributed by atoms with van der Waals surface area (Å²) in [6, 6.07) is 3.16. The van der Waals surface area contributed by atoms with Gasteiger partial charge in [-0.05, 0) is 28.1 Å². The molecule has 0 N–H and O–H groups in total. The van der Waals surface area contributed by atoms with Crippen molar-refractivity contribution in [3.63, 3.8) is 0 Å². The Morgan fingerprint density at radius 3 is 2.55 bits per heavy atom. The summed E-state index contributed by atoms with van der Waals surface area (Å²) >= 11 is 4.28. The molecule has 11 heavy (non-hydrogen) atoms. The second-order valence-electron chi connectivity index (χ2n) is 1.68. The monoisotopic (exact) mass is 256 g/mol. The van der Waals surface area contributed by atoms with E-state index in [4.69, 9.17) is 0 Å². The maximum atomic E-state index is 11.0. The van der Waals surface area contributed by atoms with Crippen LogP contribution in [0.15, 0.2) is 20.1 Å². The molecule has 62 valence electrons. The van der Waals surface area contributed by atoms with E-state index in [1.165, 1.54) is 6.07 Å². The number of hydrogen-bond donors (Lipinski definition) is 0. The Kier molecular flexibility index (Phi) is 2.69. The summed E-state index contributed by atoms with van der Waals surface area (Å²) in [6.07, 6.45) is 0. The first kappa shape index (κ1) is 9.18. The molecule has 0 amide bonds. The van der Waals surface area contributed by atoms with E-state index in [-0.39, 0.29) is 4.21 Å². The second kappa shape index (κ2) is 3.22. The minimum absolute atomic E-state index is 0.215. The van der Waals surface area contributed by atoms with E-state index in [1.807, 2.05) is 0 Å². The average Bonchev–Trinajstić information content (AvgIpc) is 2.36. The van der Waals surface area contributed by atoms with Crippen molar-refractivity contribution in [3.05, 3.63) is 15.9 Å². The first-order valence-corrected chi connectivity index (χ1v) is 5.64. The Morgan fingerprint density at radius 1 is 1.55 bits per heavy atom. The summed E-state index contributed by atoms with van der Waals surface area (Å²) in [5.74, 6) is 0. The maximum Gasteiger partial charge on any atom is 0.306 e. The standard InChI is InChI=1S/C5H5BrO3S2/c1-9-11(7,8)5-3-2-4(6)10-5/h2-3H,1H3. The number of hydrogen-bond acceptors (Lipinski definition) is 4. The predicted molar refractivity (Wildman–Crippen MR) is 46.2 cm³/mol. The normalized spacial score (nSPS) is 11.8. The van der Waals surface area contributed by atoms with E-state index < -0.39 is 10.1 Å². The molecule has 0 aromatic carbocycles. The van der Waals surface area contributed by atoms with Gasteiger partial charge in [0.1, 0.15) is 4.21 Å². The van der Waals surface area contributed by atoms with Crippen molar-refractivity contribution in [1.29, 1.82) is 0 Å². The van der Waals surface area contributed by atoms with Crippen LogP contribution < -0.4 is 0 Å². The van der Waals surface area contributed by atoms with Gasteiger partial charge in [-0.25, -0.2) is 0 Å². The molecule has 0 saturated heterocycles. The lowest BCUT2D eigenvalue weighted by Gasteiger charge is -1.93. The summed E-state index contributed by atoms with van der Waals surface area (Å²) in [5, 5.41) is 0. The molecule has 0 spiro atoms. The molecule has 0 saturated carbocycles. The molecular formula is C5H5BrO3S2. The largest absolute Gasteiger partial charge is 0.306 e. The fourth-order valence-electron chi connectivity index (χ4n) is 0.514. The van der Waals surface area contributed by atoms with Crippen LogP contribution in [-0.4, -0.2) is 15.5 Å². The van der Waals surface area contributed by atoms with Gasteiger partial charge >= 0.3 is 10.1 Å². The Hall–Kier alpha value is 0.0900. The second-order valence-corrected chi connectivity index (χ2v) is 6.08. The van der Waals surface area contributed by atoms with Crippen LogP contribution in [0.5, 0.6) is 0 Å². The summed E-state index contributed by atoms with van der Waals surface area (Å²) in [4.78, 5) is 0. The van der Waals surface area contributed by atoms with E-state index in [2.05, 4.69) is 20.1 Å². The predicted octanol–water partition coefficient (Wildman–Crippen LogP) is 1.85. The van der Waals surface area contributed by atoms with Crippen LogP contribution in [0.3, 0.4) is 0 Å². The highest BCUT2D eigenvalue weighted by Crippen LogP contribution is 2.26. The highest BCUT2D eigenvalue weighted by atomic mass is 79.9. The fourth-order valence-corrected chi connectivity index (χ4v) is 3.24. The van der Waals surface area contributed by atoms with Gasteiger partial charge in [-0.2, -0.15) is 8.42 Å². The van der Waals surface area contributed by atoms with Crippen LogP contribution in [-0.2, 0) is 14.3 Å². The quantitative estimate of drug-likeness (QED) is 0.759. The SMILES string of the molecule is COS(=O)(=O)c1ccc(Br)s1. The summed E-state index contributed by atoms with van der Waals surface area (Å²) < 4.78 is 27.2. The Balaban J connectivity index is 3.13. The molecule has 6 heteroatoms. The molecule has 0 fully saturated rings. The molecule has 1 aromatic rings. The van der Waals surface area contributed by atoms with Crippen LogP contribution in [0.25, 0.3) is 0 Å². The van der Waals surface area contributed by atoms with Crippen molar-refractivity contribution in [2.24, 2.45) is 0 Å². The van der Waals surface area contributed by atoms with Gasteiger partial charge in [-0.15, -0.1) is 11.3 Å². The van der Waals surface area contributed by atoms with Crippen LogP contribution in [0.2, 0.25) is 0 Å². The first-order valence-electron chi connectivity index (χ1n) is 2.62. The molecule has 0 aliphatic rings. The van der Waals surface area contributed by atoms with Crippen LogP contribution in [0, 0.1) is 0 Å². The zero-order valence-electron chi connectivity index (χ0n) is 5.57. The minimum Gasteiger partial charge on any atom is -0.269 e. The van der Waals surface area contributed by atoms with Gasteiger partial charge in [0.15, 0.2) is 0 Å². The van der Waals surface area contributed by atoms with Crippen molar-refractivity contribution in [2.75, 3.05) is 7.11 Å². The lowest BCUT2D eigenvalue weighted by atomic mass is 10.7. The van der Waals surface area contributed by atoms with Crippen molar-refractivity contribution in [1.82, 2.24) is 0 Å². The Bertz CT molecular complexity index is 340. The zero-order chi connectivity index (χ0) is 8.48. The molecule has 0 atom stereocenters. The van der Waals surface area contributed by atoms with Gasteiger partial charge in [0, 0.05) is 0 Å². The number of thiophene rings is 1. The van der Waals surface area contributed by atoms with E-state index in [0.29, 0.717) is 0 Å². The molecule has 0 aliphatic carbocycles. The minimum atomic E-state index is -3.49. The molecule has 1 heterocycles. The summed E-state index contributed by atoms with van der Waals surface area (Å²) in [5.41, 5.74) is 0. The maximum absolute atomic E-state index is 11.0. The Morgan fingerprint density at radius 2 is 2.18 bits per heavy atom. The third-order valence-electron chi connectivity index (χ3n) is 1.01. The zero-order valence-corrected chi connectivity index (χ0v) is 8.79.